The second-order valence-electron chi connectivity index (χ2n) is 4.34. The summed E-state index contributed by atoms with van der Waals surface area (Å²) in [5.74, 6) is -0.313. The average Bonchev–Trinajstić information content (AvgIpc) is 2.36. The molecule has 96 valence electrons. The maximum Gasteiger partial charge on any atom is 0.119 e. The lowest BCUT2D eigenvalue weighted by molar-refractivity contribution is 0.449. The highest BCUT2D eigenvalue weighted by molar-refractivity contribution is 5.39. The first kappa shape index (κ1) is 12.8. The van der Waals surface area contributed by atoms with Gasteiger partial charge in [-0.05, 0) is 41.8 Å². The maximum absolute atomic E-state index is 9.41. The smallest absolute Gasteiger partial charge is 0.119 e. The van der Waals surface area contributed by atoms with Crippen LogP contribution in [0.5, 0.6) is 17.2 Å². The van der Waals surface area contributed by atoms with Crippen LogP contribution in [0.15, 0.2) is 42.5 Å². The van der Waals surface area contributed by atoms with Crippen LogP contribution < -0.4 is 0 Å². The number of hydrogen-bond donors (Lipinski definition) is 3. The molecule has 0 fully saturated rings. The average molecular weight is 255 g/mol. The zero-order chi connectivity index (χ0) is 13.8. The minimum atomic E-state index is -0.401. The largest absolute Gasteiger partial charge is 0.508 e. The van der Waals surface area contributed by atoms with E-state index < -0.39 is 5.92 Å². The van der Waals surface area contributed by atoms with E-state index in [9.17, 15) is 20.6 Å². The lowest BCUT2D eigenvalue weighted by atomic mass is 9.93. The molecule has 0 amide bonds. The van der Waals surface area contributed by atoms with E-state index in [1.165, 1.54) is 30.3 Å². The van der Waals surface area contributed by atoms with Gasteiger partial charge in [-0.1, -0.05) is 12.1 Å². The number of aromatic hydroxyl groups is 3. The number of nitrogens with zero attached hydrogens (tertiary/aromatic N) is 1. The van der Waals surface area contributed by atoms with Crippen molar-refractivity contribution < 1.29 is 15.3 Å². The number of rotatable bonds is 3. The van der Waals surface area contributed by atoms with Gasteiger partial charge in [-0.25, -0.2) is 0 Å². The van der Waals surface area contributed by atoms with Crippen molar-refractivity contribution in [2.75, 3.05) is 0 Å². The summed E-state index contributed by atoms with van der Waals surface area (Å²) >= 11 is 0. The Balaban J connectivity index is 2.24. The molecule has 0 spiro atoms. The zero-order valence-corrected chi connectivity index (χ0v) is 10.1. The molecule has 1 atom stereocenters. The van der Waals surface area contributed by atoms with Gasteiger partial charge in [0.2, 0.25) is 0 Å². The first-order valence-electron chi connectivity index (χ1n) is 5.79. The topological polar surface area (TPSA) is 84.5 Å². The molecule has 1 unspecified atom stereocenters. The minimum Gasteiger partial charge on any atom is -0.508 e. The SMILES string of the molecule is N#CC(Cc1cc(O)cc(O)c1)c1ccc(O)cc1. The van der Waals surface area contributed by atoms with E-state index in [4.69, 9.17) is 0 Å². The van der Waals surface area contributed by atoms with Gasteiger partial charge < -0.3 is 15.3 Å². The third-order valence-corrected chi connectivity index (χ3v) is 2.85. The van der Waals surface area contributed by atoms with E-state index in [1.54, 1.807) is 12.1 Å². The van der Waals surface area contributed by atoms with Gasteiger partial charge in [0.15, 0.2) is 0 Å². The molecule has 4 heteroatoms. The van der Waals surface area contributed by atoms with Crippen molar-refractivity contribution in [3.05, 3.63) is 53.6 Å². The van der Waals surface area contributed by atoms with Gasteiger partial charge in [-0.15, -0.1) is 0 Å². The van der Waals surface area contributed by atoms with E-state index in [-0.39, 0.29) is 17.2 Å². The molecule has 4 nitrogen and oxygen atoms in total. The van der Waals surface area contributed by atoms with E-state index >= 15 is 0 Å². The molecule has 0 aromatic heterocycles. The molecular formula is C15H13NO3. The second-order valence-corrected chi connectivity index (χ2v) is 4.34. The first-order valence-corrected chi connectivity index (χ1v) is 5.79. The molecule has 2 rings (SSSR count). The Morgan fingerprint density at radius 3 is 2.00 bits per heavy atom. The van der Waals surface area contributed by atoms with Crippen molar-refractivity contribution in [3.8, 4) is 23.3 Å². The van der Waals surface area contributed by atoms with Gasteiger partial charge in [0.05, 0.1) is 12.0 Å². The molecule has 2 aromatic rings. The summed E-state index contributed by atoms with van der Waals surface area (Å²) < 4.78 is 0. The van der Waals surface area contributed by atoms with Crippen molar-refractivity contribution >= 4 is 0 Å². The van der Waals surface area contributed by atoms with Crippen molar-refractivity contribution in [2.45, 2.75) is 12.3 Å². The Kier molecular flexibility index (Phi) is 3.58. The normalized spacial score (nSPS) is 11.7. The number of nitriles is 1. The van der Waals surface area contributed by atoms with Crippen molar-refractivity contribution in [1.82, 2.24) is 0 Å². The van der Waals surface area contributed by atoms with Crippen LogP contribution >= 0.6 is 0 Å². The summed E-state index contributed by atoms with van der Waals surface area (Å²) in [7, 11) is 0. The molecule has 0 aliphatic carbocycles. The van der Waals surface area contributed by atoms with Crippen molar-refractivity contribution in [1.29, 1.82) is 5.26 Å². The molecule has 0 radical (unpaired) electrons. The highest BCUT2D eigenvalue weighted by Gasteiger charge is 2.12. The van der Waals surface area contributed by atoms with Gasteiger partial charge in [0.1, 0.15) is 17.2 Å². The van der Waals surface area contributed by atoms with Gasteiger partial charge in [-0.2, -0.15) is 5.26 Å². The van der Waals surface area contributed by atoms with E-state index in [2.05, 4.69) is 6.07 Å². The second kappa shape index (κ2) is 5.32. The highest BCUT2D eigenvalue weighted by Crippen LogP contribution is 2.26. The molecule has 0 aliphatic rings. The molecule has 19 heavy (non-hydrogen) atoms. The van der Waals surface area contributed by atoms with E-state index in [0.717, 1.165) is 5.56 Å². The fourth-order valence-corrected chi connectivity index (χ4v) is 1.95. The third kappa shape index (κ3) is 3.17. The number of phenolic OH excluding ortho intramolecular Hbond substituents is 3. The van der Waals surface area contributed by atoms with Crippen LogP contribution in [0, 0.1) is 11.3 Å². The predicted octanol–water partition coefficient (Wildman–Crippen LogP) is 2.65. The van der Waals surface area contributed by atoms with Crippen LogP contribution in [-0.2, 0) is 6.42 Å². The first-order chi connectivity index (χ1) is 9.08. The van der Waals surface area contributed by atoms with Crippen LogP contribution in [0.3, 0.4) is 0 Å². The fraction of sp³-hybridized carbons (Fsp3) is 0.133. The Labute approximate surface area is 110 Å². The lowest BCUT2D eigenvalue weighted by Crippen LogP contribution is -2.00. The molecule has 3 N–H and O–H groups in total. The van der Waals surface area contributed by atoms with Gasteiger partial charge in [0.25, 0.3) is 0 Å². The molecule has 0 saturated carbocycles. The Morgan fingerprint density at radius 1 is 0.895 bits per heavy atom. The van der Waals surface area contributed by atoms with Crippen molar-refractivity contribution in [2.24, 2.45) is 0 Å². The number of hydrogen-bond acceptors (Lipinski definition) is 4. The van der Waals surface area contributed by atoms with Gasteiger partial charge >= 0.3 is 0 Å². The number of benzene rings is 2. The maximum atomic E-state index is 9.41. The summed E-state index contributed by atoms with van der Waals surface area (Å²) in [6.07, 6.45) is 0.378. The fourth-order valence-electron chi connectivity index (χ4n) is 1.95. The standard InChI is InChI=1S/C15H13NO3/c16-9-12(11-1-3-13(17)4-2-11)5-10-6-14(18)8-15(19)7-10/h1-4,6-8,12,17-19H,5H2. The van der Waals surface area contributed by atoms with E-state index in [0.29, 0.717) is 12.0 Å². The molecule has 0 aliphatic heterocycles. The van der Waals surface area contributed by atoms with Crippen LogP contribution in [0.4, 0.5) is 0 Å². The Bertz CT molecular complexity index is 594. The summed E-state index contributed by atoms with van der Waals surface area (Å²) in [5.41, 5.74) is 1.46. The third-order valence-electron chi connectivity index (χ3n) is 2.85. The summed E-state index contributed by atoms with van der Waals surface area (Å²) in [4.78, 5) is 0. The van der Waals surface area contributed by atoms with Crippen LogP contribution in [0.2, 0.25) is 0 Å². The Hall–Kier alpha value is -2.67. The molecular weight excluding hydrogens is 242 g/mol. The lowest BCUT2D eigenvalue weighted by Gasteiger charge is -2.10. The van der Waals surface area contributed by atoms with E-state index in [1.807, 2.05) is 0 Å². The molecule has 2 aromatic carbocycles. The molecule has 0 bridgehead atoms. The van der Waals surface area contributed by atoms with Crippen molar-refractivity contribution in [3.63, 3.8) is 0 Å². The van der Waals surface area contributed by atoms with Gasteiger partial charge in [-0.3, -0.25) is 0 Å². The Morgan fingerprint density at radius 2 is 1.47 bits per heavy atom. The quantitative estimate of drug-likeness (QED) is 0.787. The number of phenols is 3. The summed E-state index contributed by atoms with van der Waals surface area (Å²) in [6, 6.07) is 12.9. The van der Waals surface area contributed by atoms with Crippen LogP contribution in [0.25, 0.3) is 0 Å². The zero-order valence-electron chi connectivity index (χ0n) is 10.1. The highest BCUT2D eigenvalue weighted by atomic mass is 16.3. The predicted molar refractivity (Wildman–Crippen MR) is 69.9 cm³/mol. The summed E-state index contributed by atoms with van der Waals surface area (Å²) in [6.45, 7) is 0. The monoisotopic (exact) mass is 255 g/mol. The van der Waals surface area contributed by atoms with Crippen LogP contribution in [0.1, 0.15) is 17.0 Å². The van der Waals surface area contributed by atoms with Crippen LogP contribution in [-0.4, -0.2) is 15.3 Å². The van der Waals surface area contributed by atoms with Gasteiger partial charge in [0, 0.05) is 6.07 Å². The minimum absolute atomic E-state index is 0.0302. The molecule has 0 heterocycles. The molecule has 0 saturated heterocycles. The summed E-state index contributed by atoms with van der Waals surface area (Å²) in [5, 5.41) is 37.3.